The molecule has 16 heavy (non-hydrogen) atoms. The summed E-state index contributed by atoms with van der Waals surface area (Å²) in [6.07, 6.45) is 5.36. The van der Waals surface area contributed by atoms with E-state index in [2.05, 4.69) is 31.4 Å². The van der Waals surface area contributed by atoms with Gasteiger partial charge in [-0.05, 0) is 30.4 Å². The van der Waals surface area contributed by atoms with Gasteiger partial charge in [-0.3, -0.25) is 4.90 Å². The van der Waals surface area contributed by atoms with Crippen LogP contribution in [0.1, 0.15) is 39.5 Å². The molecule has 0 bridgehead atoms. The van der Waals surface area contributed by atoms with Gasteiger partial charge in [0.1, 0.15) is 0 Å². The fraction of sp³-hybridized carbons (Fsp3) is 1.00. The summed E-state index contributed by atoms with van der Waals surface area (Å²) in [7, 11) is 0. The molecule has 1 fully saturated rings. The highest BCUT2D eigenvalue weighted by Crippen LogP contribution is 2.25. The molecule has 1 saturated carbocycles. The van der Waals surface area contributed by atoms with Crippen molar-refractivity contribution in [2.24, 2.45) is 11.8 Å². The minimum atomic E-state index is 0.286. The van der Waals surface area contributed by atoms with Crippen LogP contribution in [0.5, 0.6) is 0 Å². The van der Waals surface area contributed by atoms with E-state index in [9.17, 15) is 0 Å². The summed E-state index contributed by atoms with van der Waals surface area (Å²) in [6.45, 7) is 6.77. The lowest BCUT2D eigenvalue weighted by Crippen LogP contribution is -2.40. The van der Waals surface area contributed by atoms with Gasteiger partial charge in [0.25, 0.3) is 0 Å². The van der Waals surface area contributed by atoms with Gasteiger partial charge in [-0.15, -0.1) is 0 Å². The molecule has 1 unspecified atom stereocenters. The second kappa shape index (κ2) is 7.57. The molecule has 0 radical (unpaired) electrons. The van der Waals surface area contributed by atoms with Crippen LogP contribution in [0.4, 0.5) is 0 Å². The van der Waals surface area contributed by atoms with Gasteiger partial charge in [-0.2, -0.15) is 12.6 Å². The molecule has 0 heterocycles. The lowest BCUT2D eigenvalue weighted by Gasteiger charge is -2.33. The van der Waals surface area contributed by atoms with E-state index in [0.717, 1.165) is 18.8 Å². The predicted molar refractivity (Wildman–Crippen MR) is 73.1 cm³/mol. The third-order valence-corrected chi connectivity index (χ3v) is 4.34. The number of aliphatic hydroxyl groups excluding tert-OH is 1. The Morgan fingerprint density at radius 2 is 1.94 bits per heavy atom. The van der Waals surface area contributed by atoms with Crippen LogP contribution in [0, 0.1) is 11.8 Å². The molecule has 3 heteroatoms. The summed E-state index contributed by atoms with van der Waals surface area (Å²) >= 11 is 4.45. The SMILES string of the molecule is CC(C)C(CS)CN(CCO)C1CCCC1. The lowest BCUT2D eigenvalue weighted by molar-refractivity contribution is 0.125. The third kappa shape index (κ3) is 4.27. The molecule has 0 aliphatic heterocycles. The smallest absolute Gasteiger partial charge is 0.0558 e. The van der Waals surface area contributed by atoms with Crippen LogP contribution in [0.3, 0.4) is 0 Å². The van der Waals surface area contributed by atoms with Gasteiger partial charge in [0.15, 0.2) is 0 Å². The molecular formula is C13H27NOS. The van der Waals surface area contributed by atoms with Gasteiger partial charge < -0.3 is 5.11 Å². The van der Waals surface area contributed by atoms with E-state index in [1.807, 2.05) is 0 Å². The number of hydrogen-bond acceptors (Lipinski definition) is 3. The largest absolute Gasteiger partial charge is 0.395 e. The van der Waals surface area contributed by atoms with Crippen LogP contribution in [-0.4, -0.2) is 41.5 Å². The highest BCUT2D eigenvalue weighted by molar-refractivity contribution is 7.80. The van der Waals surface area contributed by atoms with Gasteiger partial charge in [0, 0.05) is 19.1 Å². The molecule has 0 aromatic carbocycles. The Kier molecular flexibility index (Phi) is 6.78. The molecule has 96 valence electrons. The van der Waals surface area contributed by atoms with Crippen molar-refractivity contribution in [1.29, 1.82) is 0 Å². The van der Waals surface area contributed by atoms with Crippen molar-refractivity contribution in [1.82, 2.24) is 4.90 Å². The summed E-state index contributed by atoms with van der Waals surface area (Å²) in [6, 6.07) is 0.716. The van der Waals surface area contributed by atoms with Gasteiger partial charge in [0.05, 0.1) is 6.61 Å². The van der Waals surface area contributed by atoms with Crippen LogP contribution in [-0.2, 0) is 0 Å². The highest BCUT2D eigenvalue weighted by Gasteiger charge is 2.25. The Hall–Kier alpha value is 0.270. The quantitative estimate of drug-likeness (QED) is 0.673. The van der Waals surface area contributed by atoms with E-state index in [1.54, 1.807) is 0 Å². The molecule has 1 N–H and O–H groups in total. The second-order valence-electron chi connectivity index (χ2n) is 5.34. The molecule has 0 saturated heterocycles. The molecule has 0 amide bonds. The number of nitrogens with zero attached hydrogens (tertiary/aromatic N) is 1. The van der Waals surface area contributed by atoms with E-state index >= 15 is 0 Å². The summed E-state index contributed by atoms with van der Waals surface area (Å²) in [5.41, 5.74) is 0. The fourth-order valence-electron chi connectivity index (χ4n) is 2.60. The second-order valence-corrected chi connectivity index (χ2v) is 5.71. The van der Waals surface area contributed by atoms with Crippen molar-refractivity contribution >= 4 is 12.6 Å². The molecule has 1 rings (SSSR count). The zero-order valence-electron chi connectivity index (χ0n) is 10.7. The Morgan fingerprint density at radius 1 is 1.31 bits per heavy atom. The van der Waals surface area contributed by atoms with Gasteiger partial charge in [-0.25, -0.2) is 0 Å². The standard InChI is InChI=1S/C13H27NOS/c1-11(2)12(10-16)9-14(7-8-15)13-5-3-4-6-13/h11-13,15-16H,3-10H2,1-2H3. The summed E-state index contributed by atoms with van der Waals surface area (Å²) in [4.78, 5) is 2.49. The zero-order chi connectivity index (χ0) is 12.0. The number of thiol groups is 1. The molecule has 1 aliphatic rings. The average molecular weight is 245 g/mol. The van der Waals surface area contributed by atoms with Crippen LogP contribution in [0.25, 0.3) is 0 Å². The Morgan fingerprint density at radius 3 is 2.38 bits per heavy atom. The minimum Gasteiger partial charge on any atom is -0.395 e. The topological polar surface area (TPSA) is 23.5 Å². The summed E-state index contributed by atoms with van der Waals surface area (Å²) in [5, 5.41) is 9.16. The van der Waals surface area contributed by atoms with E-state index in [0.29, 0.717) is 17.9 Å². The lowest BCUT2D eigenvalue weighted by atomic mass is 9.96. The predicted octanol–water partition coefficient (Wildman–Crippen LogP) is 2.43. The first-order valence-electron chi connectivity index (χ1n) is 6.64. The van der Waals surface area contributed by atoms with Crippen LogP contribution in [0.15, 0.2) is 0 Å². The first-order chi connectivity index (χ1) is 7.69. The van der Waals surface area contributed by atoms with Crippen molar-refractivity contribution in [2.75, 3.05) is 25.4 Å². The highest BCUT2D eigenvalue weighted by atomic mass is 32.1. The molecule has 0 spiro atoms. The fourth-order valence-corrected chi connectivity index (χ4v) is 3.14. The first kappa shape index (κ1) is 14.3. The van der Waals surface area contributed by atoms with Crippen LogP contribution in [0.2, 0.25) is 0 Å². The van der Waals surface area contributed by atoms with E-state index in [4.69, 9.17) is 5.11 Å². The maximum absolute atomic E-state index is 9.16. The van der Waals surface area contributed by atoms with Gasteiger partial charge in [-0.1, -0.05) is 26.7 Å². The van der Waals surface area contributed by atoms with Crippen LogP contribution < -0.4 is 0 Å². The van der Waals surface area contributed by atoms with E-state index in [1.165, 1.54) is 25.7 Å². The molecule has 1 aliphatic carbocycles. The molecule has 0 aromatic heterocycles. The Balaban J connectivity index is 2.48. The van der Waals surface area contributed by atoms with Gasteiger partial charge >= 0.3 is 0 Å². The van der Waals surface area contributed by atoms with E-state index in [-0.39, 0.29) is 6.61 Å². The molecule has 0 aromatic rings. The molecule has 2 nitrogen and oxygen atoms in total. The van der Waals surface area contributed by atoms with Crippen molar-refractivity contribution in [2.45, 2.75) is 45.6 Å². The minimum absolute atomic E-state index is 0.286. The summed E-state index contributed by atoms with van der Waals surface area (Å²) in [5.74, 6) is 2.28. The monoisotopic (exact) mass is 245 g/mol. The van der Waals surface area contributed by atoms with Crippen molar-refractivity contribution in [3.05, 3.63) is 0 Å². The molecular weight excluding hydrogens is 218 g/mol. The first-order valence-corrected chi connectivity index (χ1v) is 7.28. The number of hydrogen-bond donors (Lipinski definition) is 2. The number of rotatable bonds is 7. The normalized spacial score (nSPS) is 19.9. The van der Waals surface area contributed by atoms with Gasteiger partial charge in [0.2, 0.25) is 0 Å². The maximum atomic E-state index is 9.16. The zero-order valence-corrected chi connectivity index (χ0v) is 11.6. The third-order valence-electron chi connectivity index (χ3n) is 3.87. The Labute approximate surface area is 106 Å². The maximum Gasteiger partial charge on any atom is 0.0558 e. The number of aliphatic hydroxyl groups is 1. The Bertz CT molecular complexity index is 181. The van der Waals surface area contributed by atoms with Crippen LogP contribution >= 0.6 is 12.6 Å². The average Bonchev–Trinajstić information content (AvgIpc) is 2.76. The van der Waals surface area contributed by atoms with E-state index < -0.39 is 0 Å². The summed E-state index contributed by atoms with van der Waals surface area (Å²) < 4.78 is 0. The molecule has 1 atom stereocenters. The van der Waals surface area contributed by atoms with Crippen molar-refractivity contribution in [3.63, 3.8) is 0 Å². The van der Waals surface area contributed by atoms with Crippen molar-refractivity contribution in [3.8, 4) is 0 Å². The van der Waals surface area contributed by atoms with Crippen molar-refractivity contribution < 1.29 is 5.11 Å².